The fraction of sp³-hybridized carbons (Fsp3) is 0.618. The molecule has 0 radical (unpaired) electrons. The molecule has 2 aliphatic rings. The number of hydrogen-bond acceptors (Lipinski definition) is 5. The number of hydrogen-bond donors (Lipinski definition) is 0. The second-order valence-corrected chi connectivity index (χ2v) is 16.0. The summed E-state index contributed by atoms with van der Waals surface area (Å²) in [4.78, 5) is 13.5. The van der Waals surface area contributed by atoms with Crippen molar-refractivity contribution in [3.63, 3.8) is 0 Å². The third-order valence-electron chi connectivity index (χ3n) is 9.16. The van der Waals surface area contributed by atoms with Gasteiger partial charge in [0, 0.05) is 10.0 Å². The molecule has 0 spiro atoms. The van der Waals surface area contributed by atoms with Crippen molar-refractivity contribution in [2.75, 3.05) is 0 Å². The van der Waals surface area contributed by atoms with Gasteiger partial charge >= 0.3 is 13.6 Å². The number of rotatable bonds is 10. The predicted molar refractivity (Wildman–Crippen MR) is 169 cm³/mol. The van der Waals surface area contributed by atoms with Gasteiger partial charge in [-0.1, -0.05) is 101 Å². The lowest BCUT2D eigenvalue weighted by atomic mass is 9.75. The molecule has 0 aromatic heterocycles. The number of carbonyl (C=O) groups excluding carboxylic acids is 1. The van der Waals surface area contributed by atoms with Gasteiger partial charge in [0.1, 0.15) is 0 Å². The molecular formula is C34H48BrO5P. The summed E-state index contributed by atoms with van der Waals surface area (Å²) in [5.74, 6) is 0.446. The van der Waals surface area contributed by atoms with Crippen LogP contribution in [0.2, 0.25) is 0 Å². The highest BCUT2D eigenvalue weighted by Gasteiger charge is 2.49. The minimum atomic E-state index is -4.04. The summed E-state index contributed by atoms with van der Waals surface area (Å²) in [6.45, 7) is 13.3. The van der Waals surface area contributed by atoms with Crippen LogP contribution in [0.5, 0.6) is 0 Å². The third kappa shape index (κ3) is 8.34. The molecule has 5 nitrogen and oxygen atoms in total. The maximum absolute atomic E-state index is 15.5. The molecule has 2 aliphatic carbocycles. The van der Waals surface area contributed by atoms with Crippen molar-refractivity contribution in [2.24, 2.45) is 35.5 Å². The van der Waals surface area contributed by atoms with Gasteiger partial charge in [-0.15, -0.1) is 0 Å². The van der Waals surface area contributed by atoms with Crippen LogP contribution in [0.25, 0.3) is 0 Å². The van der Waals surface area contributed by atoms with Gasteiger partial charge in [-0.05, 0) is 85.5 Å². The Labute approximate surface area is 255 Å². The van der Waals surface area contributed by atoms with Crippen LogP contribution in [-0.2, 0) is 18.3 Å². The third-order valence-corrected chi connectivity index (χ3v) is 11.8. The molecule has 0 bridgehead atoms. The first-order valence-corrected chi connectivity index (χ1v) is 17.8. The van der Waals surface area contributed by atoms with E-state index in [9.17, 15) is 4.79 Å². The van der Waals surface area contributed by atoms with E-state index in [1.165, 1.54) is 0 Å². The molecular weight excluding hydrogens is 599 g/mol. The highest BCUT2D eigenvalue weighted by molar-refractivity contribution is 9.10. The normalized spacial score (nSPS) is 28.0. The van der Waals surface area contributed by atoms with E-state index in [-0.39, 0.29) is 24.0 Å². The molecule has 0 amide bonds. The Morgan fingerprint density at radius 3 is 1.73 bits per heavy atom. The van der Waals surface area contributed by atoms with E-state index in [1.54, 1.807) is 24.3 Å². The molecule has 2 aromatic carbocycles. The monoisotopic (exact) mass is 646 g/mol. The van der Waals surface area contributed by atoms with Crippen molar-refractivity contribution >= 4 is 29.5 Å². The standard InChI is InChI=1S/C34H48BrO5P/c1-22(2)29-18-12-24(5)20-31(29)39-41(37,40-32-21-25(6)13-19-30(32)23(3)4)34(27-14-16-28(35)17-15-27)38-33(36)26-10-8-7-9-11-26/h7-11,14-17,22-25,29-32,34H,12-13,18-21H2,1-6H3/t24-,25-,29-,30-,31-,32-,34-/m1/s1. The fourth-order valence-corrected chi connectivity index (χ4v) is 9.21. The Kier molecular flexibility index (Phi) is 11.4. The number of halogens is 1. The maximum Gasteiger partial charge on any atom is 0.376 e. The van der Waals surface area contributed by atoms with Crippen molar-refractivity contribution < 1.29 is 23.1 Å². The Morgan fingerprint density at radius 1 is 0.780 bits per heavy atom. The van der Waals surface area contributed by atoms with E-state index >= 15 is 4.57 Å². The number of benzene rings is 2. The minimum absolute atomic E-state index is 0.239. The van der Waals surface area contributed by atoms with Crippen LogP contribution >= 0.6 is 23.5 Å². The molecule has 7 heteroatoms. The van der Waals surface area contributed by atoms with E-state index in [1.807, 2.05) is 30.3 Å². The van der Waals surface area contributed by atoms with Gasteiger partial charge in [0.2, 0.25) is 5.85 Å². The summed E-state index contributed by atoms with van der Waals surface area (Å²) >= 11 is 3.51. The van der Waals surface area contributed by atoms with Crippen LogP contribution in [-0.4, -0.2) is 18.2 Å². The Bertz CT molecular complexity index is 1130. The fourth-order valence-electron chi connectivity index (χ4n) is 6.67. The van der Waals surface area contributed by atoms with Crippen molar-refractivity contribution in [2.45, 2.75) is 98.1 Å². The SMILES string of the molecule is CC(C)[C@H]1CC[C@@H](C)C[C@H]1OP(=O)(O[C@@H]1C[C@H](C)CC[C@@H]1C(C)C)[C@@H](OC(=O)c1ccccc1)c1ccc(Br)cc1. The highest BCUT2D eigenvalue weighted by Crippen LogP contribution is 2.66. The second kappa shape index (κ2) is 14.3. The average Bonchev–Trinajstić information content (AvgIpc) is 2.92. The van der Waals surface area contributed by atoms with Gasteiger partial charge < -0.3 is 13.8 Å². The van der Waals surface area contributed by atoms with Crippen LogP contribution in [0.1, 0.15) is 102 Å². The summed E-state index contributed by atoms with van der Waals surface area (Å²) in [5, 5.41) is 0. The van der Waals surface area contributed by atoms with Gasteiger partial charge in [-0.3, -0.25) is 4.57 Å². The van der Waals surface area contributed by atoms with Crippen LogP contribution in [0.4, 0.5) is 0 Å². The van der Waals surface area contributed by atoms with Gasteiger partial charge in [0.25, 0.3) is 0 Å². The molecule has 2 fully saturated rings. The van der Waals surface area contributed by atoms with Crippen LogP contribution < -0.4 is 0 Å². The van der Waals surface area contributed by atoms with Crippen LogP contribution in [0.3, 0.4) is 0 Å². The zero-order valence-electron chi connectivity index (χ0n) is 25.5. The van der Waals surface area contributed by atoms with Gasteiger partial charge in [-0.25, -0.2) is 4.79 Å². The first-order valence-electron chi connectivity index (χ1n) is 15.4. The lowest BCUT2D eigenvalue weighted by Crippen LogP contribution is -2.37. The molecule has 0 saturated heterocycles. The van der Waals surface area contributed by atoms with E-state index in [0.717, 1.165) is 43.0 Å². The molecule has 4 rings (SSSR count). The lowest BCUT2D eigenvalue weighted by Gasteiger charge is -2.43. The largest absolute Gasteiger partial charge is 0.441 e. The molecule has 0 unspecified atom stereocenters. The second-order valence-electron chi connectivity index (χ2n) is 13.2. The summed E-state index contributed by atoms with van der Waals surface area (Å²) < 4.78 is 36.2. The van der Waals surface area contributed by atoms with Crippen molar-refractivity contribution in [3.8, 4) is 0 Å². The van der Waals surface area contributed by atoms with Crippen molar-refractivity contribution in [1.29, 1.82) is 0 Å². The molecule has 7 atom stereocenters. The van der Waals surface area contributed by atoms with E-state index in [0.29, 0.717) is 34.8 Å². The zero-order chi connectivity index (χ0) is 29.7. The number of carbonyl (C=O) groups is 1. The Morgan fingerprint density at radius 2 is 1.27 bits per heavy atom. The first-order chi connectivity index (χ1) is 19.5. The maximum atomic E-state index is 15.5. The van der Waals surface area contributed by atoms with Crippen LogP contribution in [0.15, 0.2) is 59.1 Å². The molecule has 0 N–H and O–H groups in total. The molecule has 2 saturated carbocycles. The number of ether oxygens (including phenoxy) is 1. The minimum Gasteiger partial charge on any atom is -0.441 e. The molecule has 2 aromatic rings. The lowest BCUT2D eigenvalue weighted by molar-refractivity contribution is -0.0207. The van der Waals surface area contributed by atoms with Crippen molar-refractivity contribution in [1.82, 2.24) is 0 Å². The predicted octanol–water partition coefficient (Wildman–Crippen LogP) is 10.5. The summed E-state index contributed by atoms with van der Waals surface area (Å²) in [7, 11) is -4.04. The van der Waals surface area contributed by atoms with E-state index in [4.69, 9.17) is 13.8 Å². The molecule has 0 heterocycles. The molecule has 0 aliphatic heterocycles. The Hall–Kier alpha value is -1.46. The average molecular weight is 648 g/mol. The van der Waals surface area contributed by atoms with Gasteiger partial charge in [0.05, 0.1) is 17.8 Å². The van der Waals surface area contributed by atoms with Gasteiger partial charge in [-0.2, -0.15) is 0 Å². The summed E-state index contributed by atoms with van der Waals surface area (Å²) in [6, 6.07) is 16.3. The zero-order valence-corrected chi connectivity index (χ0v) is 28.0. The number of esters is 1. The quantitative estimate of drug-likeness (QED) is 0.190. The summed E-state index contributed by atoms with van der Waals surface area (Å²) in [5.41, 5.74) is 1.01. The van der Waals surface area contributed by atoms with E-state index < -0.39 is 19.4 Å². The first kappa shape index (κ1) is 32.5. The topological polar surface area (TPSA) is 61.8 Å². The summed E-state index contributed by atoms with van der Waals surface area (Å²) in [6.07, 6.45) is 5.43. The molecule has 41 heavy (non-hydrogen) atoms. The molecule has 226 valence electrons. The smallest absolute Gasteiger partial charge is 0.376 e. The highest BCUT2D eigenvalue weighted by atomic mass is 79.9. The van der Waals surface area contributed by atoms with Crippen molar-refractivity contribution in [3.05, 3.63) is 70.2 Å². The Balaban J connectivity index is 1.79. The van der Waals surface area contributed by atoms with E-state index in [2.05, 4.69) is 57.5 Å². The van der Waals surface area contributed by atoms with Gasteiger partial charge in [0.15, 0.2) is 0 Å². The van der Waals surface area contributed by atoms with Crippen LogP contribution in [0, 0.1) is 35.5 Å².